The number of amidine groups is 1. The van der Waals surface area contributed by atoms with Crippen LogP contribution in [0.2, 0.25) is 0 Å². The van der Waals surface area contributed by atoms with Gasteiger partial charge in [-0.1, -0.05) is 12.1 Å². The van der Waals surface area contributed by atoms with Crippen LogP contribution in [0.5, 0.6) is 0 Å². The first-order valence-corrected chi connectivity index (χ1v) is 4.86. The molecule has 0 radical (unpaired) electrons. The van der Waals surface area contributed by atoms with E-state index in [1.807, 2.05) is 0 Å². The van der Waals surface area contributed by atoms with Gasteiger partial charge in [-0.25, -0.2) is 0 Å². The number of hydrogen-bond acceptors (Lipinski definition) is 4. The summed E-state index contributed by atoms with van der Waals surface area (Å²) in [5.41, 5.74) is 5.40. The topological polar surface area (TPSA) is 106 Å². The molecule has 0 aliphatic heterocycles. The number of aromatic nitrogens is 2. The van der Waals surface area contributed by atoms with Crippen molar-refractivity contribution in [2.45, 2.75) is 13.3 Å². The molecule has 1 rings (SSSR count). The van der Waals surface area contributed by atoms with Gasteiger partial charge in [0.15, 0.2) is 11.7 Å². The van der Waals surface area contributed by atoms with Gasteiger partial charge in [-0.3, -0.25) is 9.48 Å². The Hall–Kier alpha value is -2.05. The third-order valence-electron chi connectivity index (χ3n) is 2.16. The molecule has 0 saturated carbocycles. The average Bonchev–Trinajstić information content (AvgIpc) is 2.64. The Kier molecular flexibility index (Phi) is 3.87. The van der Waals surface area contributed by atoms with Gasteiger partial charge in [-0.15, -0.1) is 0 Å². The fraction of sp³-hybridized carbons (Fsp3) is 0.444. The van der Waals surface area contributed by atoms with Gasteiger partial charge in [0.2, 0.25) is 5.91 Å². The van der Waals surface area contributed by atoms with E-state index in [1.54, 1.807) is 30.9 Å². The molecule has 1 aromatic heterocycles. The van der Waals surface area contributed by atoms with Crippen LogP contribution in [0, 0.1) is 5.92 Å². The molecular formula is C9H15N5O2. The van der Waals surface area contributed by atoms with Crippen molar-refractivity contribution in [3.05, 3.63) is 12.3 Å². The van der Waals surface area contributed by atoms with Gasteiger partial charge in [0.05, 0.1) is 5.92 Å². The lowest BCUT2D eigenvalue weighted by Crippen LogP contribution is -2.34. The molecule has 0 bridgehead atoms. The molecule has 4 N–H and O–H groups in total. The van der Waals surface area contributed by atoms with Crippen molar-refractivity contribution in [1.29, 1.82) is 0 Å². The van der Waals surface area contributed by atoms with Crippen molar-refractivity contribution in [2.75, 3.05) is 5.32 Å². The van der Waals surface area contributed by atoms with Crippen LogP contribution >= 0.6 is 0 Å². The molecule has 1 amide bonds. The fourth-order valence-corrected chi connectivity index (χ4v) is 1.29. The Labute approximate surface area is 92.9 Å². The molecule has 0 spiro atoms. The van der Waals surface area contributed by atoms with Crippen LogP contribution in [0.1, 0.15) is 13.3 Å². The third kappa shape index (κ3) is 2.72. The SMILES string of the molecule is CCC(C(=O)Nc1ccn(C)n1)C(N)=NO. The summed E-state index contributed by atoms with van der Waals surface area (Å²) in [6.45, 7) is 1.78. The van der Waals surface area contributed by atoms with Crippen molar-refractivity contribution < 1.29 is 10.0 Å². The van der Waals surface area contributed by atoms with Crippen molar-refractivity contribution in [3.63, 3.8) is 0 Å². The number of anilines is 1. The lowest BCUT2D eigenvalue weighted by Gasteiger charge is -2.11. The van der Waals surface area contributed by atoms with E-state index in [-0.39, 0.29) is 11.7 Å². The van der Waals surface area contributed by atoms with Gasteiger partial charge in [0.1, 0.15) is 0 Å². The number of oxime groups is 1. The first-order valence-electron chi connectivity index (χ1n) is 4.86. The molecule has 7 nitrogen and oxygen atoms in total. The van der Waals surface area contributed by atoms with Gasteiger partial charge in [0, 0.05) is 19.3 Å². The Bertz CT molecular complexity index is 398. The normalized spacial score (nSPS) is 13.5. The third-order valence-corrected chi connectivity index (χ3v) is 2.16. The van der Waals surface area contributed by atoms with Gasteiger partial charge in [-0.05, 0) is 6.42 Å². The van der Waals surface area contributed by atoms with Gasteiger partial charge >= 0.3 is 0 Å². The zero-order valence-corrected chi connectivity index (χ0v) is 9.21. The second-order valence-corrected chi connectivity index (χ2v) is 3.35. The number of rotatable bonds is 4. The Morgan fingerprint density at radius 3 is 2.94 bits per heavy atom. The zero-order valence-electron chi connectivity index (χ0n) is 9.21. The zero-order chi connectivity index (χ0) is 12.1. The van der Waals surface area contributed by atoms with Crippen LogP contribution in [-0.4, -0.2) is 26.7 Å². The van der Waals surface area contributed by atoms with Gasteiger partial charge < -0.3 is 16.3 Å². The molecular weight excluding hydrogens is 210 g/mol. The Morgan fingerprint density at radius 1 is 1.81 bits per heavy atom. The van der Waals surface area contributed by atoms with Crippen LogP contribution in [0.15, 0.2) is 17.4 Å². The summed E-state index contributed by atoms with van der Waals surface area (Å²) in [7, 11) is 1.75. The van der Waals surface area contributed by atoms with Crippen LogP contribution in [0.3, 0.4) is 0 Å². The number of carbonyl (C=O) groups is 1. The predicted molar refractivity (Wildman–Crippen MR) is 59.0 cm³/mol. The van der Waals surface area contributed by atoms with Crippen molar-refractivity contribution in [3.8, 4) is 0 Å². The van der Waals surface area contributed by atoms with E-state index < -0.39 is 5.92 Å². The molecule has 0 aliphatic carbocycles. The van der Waals surface area contributed by atoms with Crippen LogP contribution in [0.4, 0.5) is 5.82 Å². The summed E-state index contributed by atoms with van der Waals surface area (Å²) >= 11 is 0. The number of carbonyl (C=O) groups excluding carboxylic acids is 1. The second-order valence-electron chi connectivity index (χ2n) is 3.35. The van der Waals surface area contributed by atoms with Crippen LogP contribution in [-0.2, 0) is 11.8 Å². The average molecular weight is 225 g/mol. The molecule has 16 heavy (non-hydrogen) atoms. The first kappa shape index (κ1) is 12.0. The number of nitrogens with zero attached hydrogens (tertiary/aromatic N) is 3. The molecule has 0 fully saturated rings. The van der Waals surface area contributed by atoms with E-state index in [2.05, 4.69) is 15.6 Å². The van der Waals surface area contributed by atoms with Gasteiger partial charge in [0.25, 0.3) is 0 Å². The van der Waals surface area contributed by atoms with E-state index in [4.69, 9.17) is 10.9 Å². The minimum Gasteiger partial charge on any atom is -0.409 e. The Balaban J connectivity index is 2.70. The number of aryl methyl sites for hydroxylation is 1. The number of hydrogen-bond donors (Lipinski definition) is 3. The van der Waals surface area contributed by atoms with Crippen molar-refractivity contribution >= 4 is 17.6 Å². The second kappa shape index (κ2) is 5.15. The molecule has 88 valence electrons. The maximum absolute atomic E-state index is 11.7. The Morgan fingerprint density at radius 2 is 2.50 bits per heavy atom. The molecule has 0 aromatic carbocycles. The molecule has 7 heteroatoms. The minimum absolute atomic E-state index is 0.101. The number of nitrogens with one attached hydrogen (secondary N) is 1. The highest BCUT2D eigenvalue weighted by Gasteiger charge is 2.21. The summed E-state index contributed by atoms with van der Waals surface area (Å²) in [5.74, 6) is -0.642. The summed E-state index contributed by atoms with van der Waals surface area (Å²) < 4.78 is 1.57. The highest BCUT2D eigenvalue weighted by molar-refractivity contribution is 6.07. The van der Waals surface area contributed by atoms with E-state index in [0.29, 0.717) is 12.2 Å². The van der Waals surface area contributed by atoms with E-state index >= 15 is 0 Å². The lowest BCUT2D eigenvalue weighted by molar-refractivity contribution is -0.118. The quantitative estimate of drug-likeness (QED) is 0.293. The van der Waals surface area contributed by atoms with Crippen molar-refractivity contribution in [2.24, 2.45) is 23.9 Å². The molecule has 1 aromatic rings. The van der Waals surface area contributed by atoms with Gasteiger partial charge in [-0.2, -0.15) is 5.10 Å². The number of nitrogens with two attached hydrogens (primary N) is 1. The number of amides is 1. The van der Waals surface area contributed by atoms with E-state index in [0.717, 1.165) is 0 Å². The van der Waals surface area contributed by atoms with Crippen molar-refractivity contribution in [1.82, 2.24) is 9.78 Å². The molecule has 0 saturated heterocycles. The van der Waals surface area contributed by atoms with Crippen LogP contribution in [0.25, 0.3) is 0 Å². The molecule has 1 unspecified atom stereocenters. The standard InChI is InChI=1S/C9H15N5O2/c1-3-6(8(10)13-16)9(15)11-7-4-5-14(2)12-7/h4-6,16H,3H2,1-2H3,(H2,10,13)(H,11,12,15). The monoisotopic (exact) mass is 225 g/mol. The van der Waals surface area contributed by atoms with Crippen LogP contribution < -0.4 is 11.1 Å². The summed E-state index contributed by atoms with van der Waals surface area (Å²) in [6, 6.07) is 1.66. The highest BCUT2D eigenvalue weighted by atomic mass is 16.4. The lowest BCUT2D eigenvalue weighted by atomic mass is 10.1. The summed E-state index contributed by atoms with van der Waals surface area (Å²) in [5, 5.41) is 17.9. The summed E-state index contributed by atoms with van der Waals surface area (Å²) in [6.07, 6.45) is 2.16. The largest absolute Gasteiger partial charge is 0.409 e. The van der Waals surface area contributed by atoms with E-state index in [9.17, 15) is 4.79 Å². The maximum Gasteiger partial charge on any atom is 0.236 e. The molecule has 1 atom stereocenters. The minimum atomic E-state index is -0.646. The molecule has 1 heterocycles. The smallest absolute Gasteiger partial charge is 0.236 e. The maximum atomic E-state index is 11.7. The van der Waals surface area contributed by atoms with E-state index in [1.165, 1.54) is 0 Å². The first-order chi connectivity index (χ1) is 7.58. The fourth-order valence-electron chi connectivity index (χ4n) is 1.29. The summed E-state index contributed by atoms with van der Waals surface area (Å²) in [4.78, 5) is 11.7. The molecule has 0 aliphatic rings. The highest BCUT2D eigenvalue weighted by Crippen LogP contribution is 2.08. The predicted octanol–water partition coefficient (Wildman–Crippen LogP) is 0.131.